The second-order valence-corrected chi connectivity index (χ2v) is 7.33. The molecule has 0 aliphatic heterocycles. The zero-order valence-electron chi connectivity index (χ0n) is 18.4. The fourth-order valence-electron chi connectivity index (χ4n) is 3.76. The highest BCUT2D eigenvalue weighted by Crippen LogP contribution is 2.23. The van der Waals surface area contributed by atoms with Gasteiger partial charge in [0, 0.05) is 19.5 Å². The number of aryl methyl sites for hydroxylation is 1. The van der Waals surface area contributed by atoms with E-state index in [1.807, 2.05) is 30.3 Å². The molecule has 2 aromatic carbocycles. The van der Waals surface area contributed by atoms with Crippen molar-refractivity contribution < 1.29 is 9.53 Å². The maximum absolute atomic E-state index is 12.6. The van der Waals surface area contributed by atoms with Gasteiger partial charge in [-0.2, -0.15) is 0 Å². The van der Waals surface area contributed by atoms with Gasteiger partial charge in [-0.15, -0.1) is 0 Å². The van der Waals surface area contributed by atoms with Crippen LogP contribution in [-0.4, -0.2) is 47.1 Å². The van der Waals surface area contributed by atoms with Gasteiger partial charge in [0.25, 0.3) is 5.56 Å². The Bertz CT molecular complexity index is 1080. The average molecular weight is 423 g/mol. The number of carbonyl (C=O) groups is 1. The van der Waals surface area contributed by atoms with Crippen molar-refractivity contribution in [2.75, 3.05) is 26.7 Å². The van der Waals surface area contributed by atoms with Crippen LogP contribution >= 0.6 is 0 Å². The average Bonchev–Trinajstić information content (AvgIpc) is 2.81. The third-order valence-corrected chi connectivity index (χ3v) is 5.54. The second kappa shape index (κ2) is 10.7. The number of aromatic nitrogens is 2. The monoisotopic (exact) mass is 422 g/mol. The quantitative estimate of drug-likeness (QED) is 0.544. The van der Waals surface area contributed by atoms with Gasteiger partial charge < -0.3 is 10.1 Å². The summed E-state index contributed by atoms with van der Waals surface area (Å²) in [7, 11) is 1.65. The highest BCUT2D eigenvalue weighted by Gasteiger charge is 2.19. The van der Waals surface area contributed by atoms with Crippen molar-refractivity contribution in [3.63, 3.8) is 0 Å². The normalized spacial score (nSPS) is 12.1. The van der Waals surface area contributed by atoms with E-state index in [1.54, 1.807) is 19.2 Å². The van der Waals surface area contributed by atoms with E-state index in [0.717, 1.165) is 24.4 Å². The zero-order chi connectivity index (χ0) is 22.2. The van der Waals surface area contributed by atoms with Crippen LogP contribution in [0.5, 0.6) is 5.75 Å². The minimum absolute atomic E-state index is 0.0408. The van der Waals surface area contributed by atoms with Gasteiger partial charge in [0.2, 0.25) is 5.91 Å². The first kappa shape index (κ1) is 22.5. The van der Waals surface area contributed by atoms with Crippen molar-refractivity contribution in [3.8, 4) is 5.75 Å². The highest BCUT2D eigenvalue weighted by atomic mass is 16.5. The van der Waals surface area contributed by atoms with Crippen molar-refractivity contribution >= 4 is 16.8 Å². The fourth-order valence-corrected chi connectivity index (χ4v) is 3.76. The van der Waals surface area contributed by atoms with Gasteiger partial charge in [-0.05, 0) is 42.9 Å². The first-order valence-electron chi connectivity index (χ1n) is 10.7. The van der Waals surface area contributed by atoms with E-state index in [2.05, 4.69) is 35.1 Å². The number of carbonyl (C=O) groups excluding carboxylic acids is 1. The Morgan fingerprint density at radius 2 is 1.94 bits per heavy atom. The molecule has 3 rings (SSSR count). The molecule has 0 aliphatic carbocycles. The topological polar surface area (TPSA) is 76.5 Å². The molecule has 0 saturated heterocycles. The minimum Gasteiger partial charge on any atom is -0.497 e. The van der Waals surface area contributed by atoms with E-state index in [4.69, 9.17) is 4.74 Å². The molecule has 0 unspecified atom stereocenters. The predicted molar refractivity (Wildman–Crippen MR) is 122 cm³/mol. The molecule has 7 nitrogen and oxygen atoms in total. The summed E-state index contributed by atoms with van der Waals surface area (Å²) in [5.41, 5.74) is 1.63. The van der Waals surface area contributed by atoms with Crippen molar-refractivity contribution in [2.24, 2.45) is 0 Å². The van der Waals surface area contributed by atoms with Crippen LogP contribution in [0.3, 0.4) is 0 Å². The zero-order valence-corrected chi connectivity index (χ0v) is 18.4. The molecule has 0 spiro atoms. The van der Waals surface area contributed by atoms with Crippen LogP contribution in [-0.2, 0) is 11.3 Å². The highest BCUT2D eigenvalue weighted by molar-refractivity contribution is 5.77. The first-order chi connectivity index (χ1) is 15.1. The van der Waals surface area contributed by atoms with Gasteiger partial charge in [0.05, 0.1) is 30.4 Å². The number of nitrogens with zero attached hydrogens (tertiary/aromatic N) is 3. The van der Waals surface area contributed by atoms with Crippen molar-refractivity contribution in [3.05, 3.63) is 70.8 Å². The Hall–Kier alpha value is -3.19. The van der Waals surface area contributed by atoms with Crippen LogP contribution in [0, 0.1) is 0 Å². The van der Waals surface area contributed by atoms with Gasteiger partial charge in [0.15, 0.2) is 0 Å². The molecule has 7 heteroatoms. The summed E-state index contributed by atoms with van der Waals surface area (Å²) in [6, 6.07) is 15.2. The molecule has 1 amide bonds. The number of hydrogen-bond donors (Lipinski definition) is 1. The molecule has 0 saturated carbocycles. The molecule has 164 valence electrons. The summed E-state index contributed by atoms with van der Waals surface area (Å²) >= 11 is 0. The fraction of sp³-hybridized carbons (Fsp3) is 0.375. The Morgan fingerprint density at radius 3 is 2.68 bits per heavy atom. The summed E-state index contributed by atoms with van der Waals surface area (Å²) in [6.45, 7) is 6.73. The van der Waals surface area contributed by atoms with Gasteiger partial charge in [0.1, 0.15) is 5.75 Å². The third kappa shape index (κ3) is 5.49. The summed E-state index contributed by atoms with van der Waals surface area (Å²) in [5.74, 6) is 0.698. The molecule has 0 bridgehead atoms. The summed E-state index contributed by atoms with van der Waals surface area (Å²) < 4.78 is 6.85. The van der Waals surface area contributed by atoms with Crippen molar-refractivity contribution in [1.82, 2.24) is 19.8 Å². The van der Waals surface area contributed by atoms with E-state index in [-0.39, 0.29) is 30.5 Å². The summed E-state index contributed by atoms with van der Waals surface area (Å²) in [6.07, 6.45) is 1.72. The van der Waals surface area contributed by atoms with Crippen molar-refractivity contribution in [1.29, 1.82) is 0 Å². The predicted octanol–water partition coefficient (Wildman–Crippen LogP) is 2.99. The van der Waals surface area contributed by atoms with Crippen LogP contribution < -0.4 is 15.6 Å². The van der Waals surface area contributed by atoms with Gasteiger partial charge >= 0.3 is 0 Å². The van der Waals surface area contributed by atoms with Gasteiger partial charge in [-0.3, -0.25) is 19.1 Å². The molecular weight excluding hydrogens is 392 g/mol. The molecule has 0 aliphatic rings. The number of rotatable bonds is 10. The summed E-state index contributed by atoms with van der Waals surface area (Å²) in [4.78, 5) is 31.8. The van der Waals surface area contributed by atoms with Crippen LogP contribution in [0.2, 0.25) is 0 Å². The number of methoxy groups -OCH3 is 1. The Balaban J connectivity index is 1.65. The minimum atomic E-state index is -0.129. The van der Waals surface area contributed by atoms with Crippen molar-refractivity contribution in [2.45, 2.75) is 32.9 Å². The van der Waals surface area contributed by atoms with Gasteiger partial charge in [-0.25, -0.2) is 4.98 Å². The number of hydrogen-bond acceptors (Lipinski definition) is 5. The van der Waals surface area contributed by atoms with E-state index < -0.39 is 0 Å². The molecule has 1 N–H and O–H groups in total. The molecule has 3 aromatic rings. The third-order valence-electron chi connectivity index (χ3n) is 5.54. The number of benzene rings is 2. The molecular formula is C24H30N4O3. The Labute approximate surface area is 182 Å². The van der Waals surface area contributed by atoms with Crippen LogP contribution in [0.25, 0.3) is 10.9 Å². The molecule has 31 heavy (non-hydrogen) atoms. The standard InChI is InChI=1S/C24H30N4O3/c1-4-27(5-2)22(18-9-8-10-19(15-18)31-3)16-25-23(29)13-14-28-17-26-21-12-7-6-11-20(21)24(28)30/h6-12,15,17,22H,4-5,13-14,16H2,1-3H3,(H,25,29)/t22-/m1/s1. The number of para-hydroxylation sites is 1. The SMILES string of the molecule is CCN(CC)[C@H](CNC(=O)CCn1cnc2ccccc2c1=O)c1cccc(OC)c1. The molecule has 0 fully saturated rings. The molecule has 0 radical (unpaired) electrons. The van der Waals surface area contributed by atoms with Crippen LogP contribution in [0.1, 0.15) is 31.9 Å². The van der Waals surface area contributed by atoms with E-state index in [9.17, 15) is 9.59 Å². The van der Waals surface area contributed by atoms with Crippen LogP contribution in [0.15, 0.2) is 59.7 Å². The van der Waals surface area contributed by atoms with Crippen LogP contribution in [0.4, 0.5) is 0 Å². The lowest BCUT2D eigenvalue weighted by molar-refractivity contribution is -0.121. The molecule has 1 heterocycles. The smallest absolute Gasteiger partial charge is 0.261 e. The van der Waals surface area contributed by atoms with Gasteiger partial charge in [-0.1, -0.05) is 38.1 Å². The Kier molecular flexibility index (Phi) is 7.78. The molecule has 1 atom stereocenters. The lowest BCUT2D eigenvalue weighted by Crippen LogP contribution is -2.38. The number of fused-ring (bicyclic) bond motifs is 1. The lowest BCUT2D eigenvalue weighted by Gasteiger charge is -2.30. The number of likely N-dealkylation sites (N-methyl/N-ethyl adjacent to an activating group) is 1. The number of amides is 1. The largest absolute Gasteiger partial charge is 0.497 e. The maximum atomic E-state index is 12.6. The molecule has 1 aromatic heterocycles. The van der Waals surface area contributed by atoms with E-state index in [0.29, 0.717) is 17.4 Å². The second-order valence-electron chi connectivity index (χ2n) is 7.33. The number of ether oxygens (including phenoxy) is 1. The lowest BCUT2D eigenvalue weighted by atomic mass is 10.0. The maximum Gasteiger partial charge on any atom is 0.261 e. The Morgan fingerprint density at radius 1 is 1.16 bits per heavy atom. The van der Waals surface area contributed by atoms with E-state index in [1.165, 1.54) is 10.9 Å². The number of nitrogens with one attached hydrogen (secondary N) is 1. The first-order valence-corrected chi connectivity index (χ1v) is 10.7. The van der Waals surface area contributed by atoms with E-state index >= 15 is 0 Å². The summed E-state index contributed by atoms with van der Waals surface area (Å²) in [5, 5.41) is 3.60.